The molecule has 22 heavy (non-hydrogen) atoms. The van der Waals surface area contributed by atoms with E-state index in [1.165, 1.54) is 12.1 Å². The number of anilines is 1. The maximum Gasteiger partial charge on any atom is 0.305 e. The van der Waals surface area contributed by atoms with E-state index in [9.17, 15) is 25.1 Å². The first-order valence-corrected chi connectivity index (χ1v) is 9.44. The van der Waals surface area contributed by atoms with E-state index in [2.05, 4.69) is 0 Å². The standard InChI is InChI=1S/C13H19F2NO4S2/c1-2-4-13(22(15,19)20)5-3-10-16(21(17)18)12-8-6-11(14)7-9-12/h6-9,13,21H,2-5,10H2,1H3. The SMILES string of the molecule is CCCC(CCCN(c1ccc(F)cc1)[SH](=O)=O)S(=O)(=O)F. The van der Waals surface area contributed by atoms with Crippen molar-refractivity contribution in [1.82, 2.24) is 0 Å². The van der Waals surface area contributed by atoms with Crippen LogP contribution >= 0.6 is 0 Å². The summed E-state index contributed by atoms with van der Waals surface area (Å²) in [6.45, 7) is 1.76. The van der Waals surface area contributed by atoms with E-state index in [0.717, 1.165) is 16.4 Å². The van der Waals surface area contributed by atoms with E-state index < -0.39 is 32.2 Å². The lowest BCUT2D eigenvalue weighted by Gasteiger charge is -2.19. The first kappa shape index (κ1) is 18.8. The van der Waals surface area contributed by atoms with E-state index in [-0.39, 0.29) is 31.5 Å². The summed E-state index contributed by atoms with van der Waals surface area (Å²) in [6, 6.07) is 4.89. The van der Waals surface area contributed by atoms with Crippen molar-refractivity contribution in [3.63, 3.8) is 0 Å². The van der Waals surface area contributed by atoms with Crippen LogP contribution in [0.25, 0.3) is 0 Å². The second-order valence-electron chi connectivity index (χ2n) is 4.87. The lowest BCUT2D eigenvalue weighted by atomic mass is 10.1. The van der Waals surface area contributed by atoms with Gasteiger partial charge in [0.05, 0.1) is 10.9 Å². The van der Waals surface area contributed by atoms with Crippen LogP contribution in [0.1, 0.15) is 32.6 Å². The van der Waals surface area contributed by atoms with E-state index >= 15 is 0 Å². The molecule has 126 valence electrons. The Labute approximate surface area is 131 Å². The molecular formula is C13H19F2NO4S2. The van der Waals surface area contributed by atoms with Gasteiger partial charge in [-0.2, -0.15) is 8.42 Å². The largest absolute Gasteiger partial charge is 0.305 e. The van der Waals surface area contributed by atoms with Gasteiger partial charge in [-0.25, -0.2) is 12.8 Å². The van der Waals surface area contributed by atoms with Crippen LogP contribution in [0.15, 0.2) is 24.3 Å². The second-order valence-corrected chi connectivity index (χ2v) is 7.44. The molecule has 9 heteroatoms. The molecule has 0 aromatic heterocycles. The molecule has 0 heterocycles. The summed E-state index contributed by atoms with van der Waals surface area (Å²) in [5.41, 5.74) is 0.285. The Morgan fingerprint density at radius 2 is 1.77 bits per heavy atom. The Hall–Kier alpha value is -1.22. The molecule has 5 nitrogen and oxygen atoms in total. The average molecular weight is 355 g/mol. The minimum Gasteiger partial charge on any atom is -0.272 e. The highest BCUT2D eigenvalue weighted by atomic mass is 32.3. The van der Waals surface area contributed by atoms with Crippen LogP contribution in [0.2, 0.25) is 0 Å². The molecule has 0 spiro atoms. The van der Waals surface area contributed by atoms with Crippen molar-refractivity contribution in [2.45, 2.75) is 37.9 Å². The van der Waals surface area contributed by atoms with Crippen LogP contribution in [0.5, 0.6) is 0 Å². The lowest BCUT2D eigenvalue weighted by Crippen LogP contribution is -2.25. The minimum atomic E-state index is -4.63. The Bertz CT molecular complexity index is 637. The third-order valence-corrected chi connectivity index (χ3v) is 5.32. The normalized spacial score (nSPS) is 13.3. The van der Waals surface area contributed by atoms with Crippen molar-refractivity contribution < 1.29 is 25.1 Å². The summed E-state index contributed by atoms with van der Waals surface area (Å²) in [4.78, 5) is 0. The smallest absolute Gasteiger partial charge is 0.272 e. The number of thiol groups is 1. The number of hydrogen-bond donors (Lipinski definition) is 1. The van der Waals surface area contributed by atoms with E-state index in [1.807, 2.05) is 0 Å². The zero-order chi connectivity index (χ0) is 16.8. The summed E-state index contributed by atoms with van der Waals surface area (Å²) >= 11 is 0. The molecule has 0 aliphatic rings. The van der Waals surface area contributed by atoms with Crippen LogP contribution < -0.4 is 4.31 Å². The van der Waals surface area contributed by atoms with E-state index in [0.29, 0.717) is 6.42 Å². The van der Waals surface area contributed by atoms with Gasteiger partial charge in [-0.3, -0.25) is 4.31 Å². The quantitative estimate of drug-likeness (QED) is 0.545. The molecule has 0 aliphatic heterocycles. The Balaban J connectivity index is 2.71. The van der Waals surface area contributed by atoms with Gasteiger partial charge >= 0.3 is 10.2 Å². The van der Waals surface area contributed by atoms with Crippen LogP contribution in [-0.4, -0.2) is 28.6 Å². The molecule has 0 aliphatic carbocycles. The zero-order valence-corrected chi connectivity index (χ0v) is 13.8. The lowest BCUT2D eigenvalue weighted by molar-refractivity contribution is 0.511. The summed E-state index contributed by atoms with van der Waals surface area (Å²) in [6.07, 6.45) is 0.937. The molecule has 0 radical (unpaired) electrons. The van der Waals surface area contributed by atoms with Gasteiger partial charge in [-0.05, 0) is 43.5 Å². The highest BCUT2D eigenvalue weighted by Crippen LogP contribution is 2.19. The van der Waals surface area contributed by atoms with Crippen molar-refractivity contribution in [3.05, 3.63) is 30.1 Å². The van der Waals surface area contributed by atoms with Gasteiger partial charge in [0.25, 0.3) is 0 Å². The Morgan fingerprint density at radius 3 is 2.23 bits per heavy atom. The number of halogens is 2. The molecule has 0 fully saturated rings. The second kappa shape index (κ2) is 8.42. The number of nitrogens with zero attached hydrogens (tertiary/aromatic N) is 1. The van der Waals surface area contributed by atoms with Crippen molar-refractivity contribution in [2.24, 2.45) is 0 Å². The van der Waals surface area contributed by atoms with Gasteiger partial charge in [-0.1, -0.05) is 13.3 Å². The van der Waals surface area contributed by atoms with Gasteiger partial charge in [0, 0.05) is 6.54 Å². The molecule has 1 unspecified atom stereocenters. The molecular weight excluding hydrogens is 336 g/mol. The fraction of sp³-hybridized carbons (Fsp3) is 0.538. The molecule has 0 N–H and O–H groups in total. The molecule has 0 bridgehead atoms. The highest BCUT2D eigenvalue weighted by Gasteiger charge is 2.23. The summed E-state index contributed by atoms with van der Waals surface area (Å²) in [7, 11) is -7.58. The fourth-order valence-corrected chi connectivity index (χ4v) is 3.73. The van der Waals surface area contributed by atoms with Crippen LogP contribution in [0.4, 0.5) is 14.0 Å². The summed E-state index contributed by atoms with van der Waals surface area (Å²) < 4.78 is 71.5. The third kappa shape index (κ3) is 5.88. The molecule has 0 saturated carbocycles. The number of hydrogen-bond acceptors (Lipinski definition) is 4. The van der Waals surface area contributed by atoms with Crippen molar-refractivity contribution in [1.29, 1.82) is 0 Å². The van der Waals surface area contributed by atoms with Gasteiger partial charge in [0.1, 0.15) is 5.82 Å². The molecule has 0 amide bonds. The maximum atomic E-state index is 13.1. The number of rotatable bonds is 9. The van der Waals surface area contributed by atoms with Gasteiger partial charge in [0.2, 0.25) is 10.9 Å². The predicted molar refractivity (Wildman–Crippen MR) is 82.0 cm³/mol. The molecule has 1 rings (SSSR count). The van der Waals surface area contributed by atoms with E-state index in [1.54, 1.807) is 6.92 Å². The predicted octanol–water partition coefficient (Wildman–Crippen LogP) is 2.41. The molecule has 1 atom stereocenters. The summed E-state index contributed by atoms with van der Waals surface area (Å²) in [5, 5.41) is -1.11. The molecule has 1 aromatic rings. The topological polar surface area (TPSA) is 71.5 Å². The molecule has 0 saturated heterocycles. The van der Waals surface area contributed by atoms with Crippen molar-refractivity contribution in [2.75, 3.05) is 10.8 Å². The zero-order valence-electron chi connectivity index (χ0n) is 12.1. The first-order valence-electron chi connectivity index (χ1n) is 6.86. The number of benzene rings is 1. The van der Waals surface area contributed by atoms with Crippen molar-refractivity contribution >= 4 is 26.8 Å². The van der Waals surface area contributed by atoms with E-state index in [4.69, 9.17) is 0 Å². The van der Waals surface area contributed by atoms with Crippen LogP contribution in [0.3, 0.4) is 0 Å². The van der Waals surface area contributed by atoms with Gasteiger partial charge in [-0.15, -0.1) is 3.89 Å². The maximum absolute atomic E-state index is 13.1. The Morgan fingerprint density at radius 1 is 1.18 bits per heavy atom. The third-order valence-electron chi connectivity index (χ3n) is 3.23. The van der Waals surface area contributed by atoms with Gasteiger partial charge in [0.15, 0.2) is 0 Å². The molecule has 1 aromatic carbocycles. The fourth-order valence-electron chi connectivity index (χ4n) is 2.13. The average Bonchev–Trinajstić information content (AvgIpc) is 2.42. The Kier molecular flexibility index (Phi) is 7.21. The van der Waals surface area contributed by atoms with Gasteiger partial charge < -0.3 is 0 Å². The highest BCUT2D eigenvalue weighted by molar-refractivity contribution is 7.87. The van der Waals surface area contributed by atoms with Crippen molar-refractivity contribution in [3.8, 4) is 0 Å². The minimum absolute atomic E-state index is 0.0140. The van der Waals surface area contributed by atoms with Crippen LogP contribution in [-0.2, 0) is 21.1 Å². The van der Waals surface area contributed by atoms with Crippen LogP contribution in [0, 0.1) is 5.82 Å². The first-order chi connectivity index (χ1) is 10.3. The summed E-state index contributed by atoms with van der Waals surface area (Å²) in [5.74, 6) is -0.489. The monoisotopic (exact) mass is 355 g/mol.